The summed E-state index contributed by atoms with van der Waals surface area (Å²) in [5.74, 6) is -0.375. The van der Waals surface area contributed by atoms with Gasteiger partial charge in [0.2, 0.25) is 0 Å². The zero-order chi connectivity index (χ0) is 17.9. The molecular formula is C18H19Cl2FN6. The molecule has 2 aromatic heterocycles. The van der Waals surface area contributed by atoms with Crippen molar-refractivity contribution < 1.29 is 4.39 Å². The highest BCUT2D eigenvalue weighted by molar-refractivity contribution is 6.32. The molecule has 142 valence electrons. The summed E-state index contributed by atoms with van der Waals surface area (Å²) >= 11 is 6.12. The first kappa shape index (κ1) is 19.7. The highest BCUT2D eigenvalue weighted by Gasteiger charge is 2.24. The smallest absolute Gasteiger partial charge is 0.124 e. The molecule has 1 fully saturated rings. The summed E-state index contributed by atoms with van der Waals surface area (Å²) in [6.07, 6.45) is 5.47. The van der Waals surface area contributed by atoms with E-state index in [1.807, 2.05) is 30.7 Å². The second-order valence-electron chi connectivity index (χ2n) is 6.22. The molecule has 1 aliphatic rings. The normalized spacial score (nSPS) is 17.5. The fourth-order valence-electron chi connectivity index (χ4n) is 3.21. The third kappa shape index (κ3) is 4.44. The number of aromatic nitrogens is 4. The van der Waals surface area contributed by atoms with Gasteiger partial charge >= 0.3 is 0 Å². The van der Waals surface area contributed by atoms with Crippen molar-refractivity contribution in [2.75, 3.05) is 19.6 Å². The molecule has 6 nitrogen and oxygen atoms in total. The molecule has 1 unspecified atom stereocenters. The molecule has 3 heterocycles. The summed E-state index contributed by atoms with van der Waals surface area (Å²) in [7, 11) is 0. The fourth-order valence-corrected chi connectivity index (χ4v) is 3.47. The molecule has 0 amide bonds. The van der Waals surface area contributed by atoms with Gasteiger partial charge in [-0.2, -0.15) is 0 Å². The first-order valence-electron chi connectivity index (χ1n) is 8.42. The second kappa shape index (κ2) is 8.75. The van der Waals surface area contributed by atoms with Crippen LogP contribution in [0.4, 0.5) is 4.39 Å². The molecule has 0 radical (unpaired) electrons. The molecule has 1 N–H and O–H groups in total. The summed E-state index contributed by atoms with van der Waals surface area (Å²) in [6, 6.07) is 8.57. The fraction of sp³-hybridized carbons (Fsp3) is 0.278. The van der Waals surface area contributed by atoms with Crippen molar-refractivity contribution in [1.82, 2.24) is 30.2 Å². The minimum Gasteiger partial charge on any atom is -0.314 e. The van der Waals surface area contributed by atoms with Gasteiger partial charge in [0.05, 0.1) is 22.6 Å². The van der Waals surface area contributed by atoms with Gasteiger partial charge in [-0.3, -0.25) is 9.88 Å². The maximum absolute atomic E-state index is 13.2. The van der Waals surface area contributed by atoms with Crippen LogP contribution in [-0.2, 0) is 6.54 Å². The molecule has 0 spiro atoms. The first-order chi connectivity index (χ1) is 12.7. The van der Waals surface area contributed by atoms with Crippen LogP contribution in [0.15, 0.2) is 48.9 Å². The highest BCUT2D eigenvalue weighted by Crippen LogP contribution is 2.24. The van der Waals surface area contributed by atoms with Crippen molar-refractivity contribution in [2.45, 2.75) is 12.6 Å². The van der Waals surface area contributed by atoms with E-state index in [0.717, 1.165) is 25.3 Å². The molecule has 4 rings (SSSR count). The van der Waals surface area contributed by atoms with E-state index in [1.165, 1.54) is 17.7 Å². The number of hydrogen-bond donors (Lipinski definition) is 1. The van der Waals surface area contributed by atoms with Gasteiger partial charge in [0.15, 0.2) is 0 Å². The minimum absolute atomic E-state index is 0. The monoisotopic (exact) mass is 408 g/mol. The third-order valence-corrected chi connectivity index (χ3v) is 4.81. The number of piperazine rings is 1. The molecule has 3 aromatic rings. The largest absolute Gasteiger partial charge is 0.314 e. The Morgan fingerprint density at radius 3 is 2.81 bits per heavy atom. The second-order valence-corrected chi connectivity index (χ2v) is 6.63. The number of benzene rings is 1. The molecule has 1 atom stereocenters. The number of halogens is 3. The topological polar surface area (TPSA) is 58.9 Å². The van der Waals surface area contributed by atoms with Crippen molar-refractivity contribution >= 4 is 24.0 Å². The van der Waals surface area contributed by atoms with E-state index >= 15 is 0 Å². The van der Waals surface area contributed by atoms with Crippen LogP contribution in [0.3, 0.4) is 0 Å². The number of hydrogen-bond acceptors (Lipinski definition) is 5. The zero-order valence-electron chi connectivity index (χ0n) is 14.4. The van der Waals surface area contributed by atoms with Crippen LogP contribution < -0.4 is 5.32 Å². The summed E-state index contributed by atoms with van der Waals surface area (Å²) in [5.41, 5.74) is 2.67. The zero-order valence-corrected chi connectivity index (χ0v) is 16.0. The summed E-state index contributed by atoms with van der Waals surface area (Å²) in [6.45, 7) is 3.39. The van der Waals surface area contributed by atoms with Crippen LogP contribution in [0, 0.1) is 5.82 Å². The van der Waals surface area contributed by atoms with Gasteiger partial charge in [-0.1, -0.05) is 16.8 Å². The molecule has 1 aromatic carbocycles. The van der Waals surface area contributed by atoms with Gasteiger partial charge in [0.1, 0.15) is 5.82 Å². The molecule has 1 saturated heterocycles. The Labute approximate surface area is 167 Å². The standard InChI is InChI=1S/C18H18ClFN6.ClH/c19-16-9-14(20)1-2-17(16)26-12-15(23-24-26)11-25-8-7-22-10-18(25)13-3-5-21-6-4-13;/h1-6,9,12,18,22H,7-8,10-11H2;1H. The van der Waals surface area contributed by atoms with E-state index in [0.29, 0.717) is 17.3 Å². The van der Waals surface area contributed by atoms with E-state index in [4.69, 9.17) is 11.6 Å². The van der Waals surface area contributed by atoms with Gasteiger partial charge in [-0.25, -0.2) is 9.07 Å². The molecule has 9 heteroatoms. The van der Waals surface area contributed by atoms with Crippen LogP contribution in [0.5, 0.6) is 0 Å². The predicted molar refractivity (Wildman–Crippen MR) is 104 cm³/mol. The van der Waals surface area contributed by atoms with E-state index in [9.17, 15) is 4.39 Å². The summed E-state index contributed by atoms with van der Waals surface area (Å²) < 4.78 is 14.8. The Morgan fingerprint density at radius 2 is 2.04 bits per heavy atom. The third-order valence-electron chi connectivity index (χ3n) is 4.51. The van der Waals surface area contributed by atoms with Crippen LogP contribution in [0.25, 0.3) is 5.69 Å². The molecule has 27 heavy (non-hydrogen) atoms. The lowest BCUT2D eigenvalue weighted by atomic mass is 10.0. The Hall–Kier alpha value is -2.06. The number of nitrogens with zero attached hydrogens (tertiary/aromatic N) is 5. The lowest BCUT2D eigenvalue weighted by molar-refractivity contribution is 0.152. The molecular weight excluding hydrogens is 390 g/mol. The predicted octanol–water partition coefficient (Wildman–Crippen LogP) is 3.02. The summed E-state index contributed by atoms with van der Waals surface area (Å²) in [4.78, 5) is 6.46. The first-order valence-corrected chi connectivity index (χ1v) is 8.80. The van der Waals surface area contributed by atoms with E-state index in [-0.39, 0.29) is 24.3 Å². The summed E-state index contributed by atoms with van der Waals surface area (Å²) in [5, 5.41) is 12.2. The van der Waals surface area contributed by atoms with Crippen molar-refractivity contribution in [2.24, 2.45) is 0 Å². The number of nitrogens with one attached hydrogen (secondary N) is 1. The van der Waals surface area contributed by atoms with Crippen molar-refractivity contribution in [3.8, 4) is 5.69 Å². The maximum atomic E-state index is 13.2. The van der Waals surface area contributed by atoms with Crippen molar-refractivity contribution in [3.63, 3.8) is 0 Å². The van der Waals surface area contributed by atoms with Gasteiger partial charge in [0, 0.05) is 44.6 Å². The lowest BCUT2D eigenvalue weighted by Gasteiger charge is -2.35. The molecule has 1 aliphatic heterocycles. The SMILES string of the molecule is Cl.Fc1ccc(-n2cc(CN3CCNCC3c3ccncc3)nn2)c(Cl)c1. The quantitative estimate of drug-likeness (QED) is 0.718. The Balaban J connectivity index is 0.00000210. The average molecular weight is 409 g/mol. The molecule has 0 bridgehead atoms. The molecule has 0 saturated carbocycles. The average Bonchev–Trinajstić information content (AvgIpc) is 3.11. The van der Waals surface area contributed by atoms with E-state index in [1.54, 1.807) is 10.7 Å². The number of rotatable bonds is 4. The van der Waals surface area contributed by atoms with Gasteiger partial charge in [-0.05, 0) is 35.9 Å². The Bertz CT molecular complexity index is 889. The lowest BCUT2D eigenvalue weighted by Crippen LogP contribution is -2.45. The van der Waals surface area contributed by atoms with Gasteiger partial charge in [0.25, 0.3) is 0 Å². The maximum Gasteiger partial charge on any atom is 0.124 e. The van der Waals surface area contributed by atoms with Crippen LogP contribution in [-0.4, -0.2) is 44.5 Å². The van der Waals surface area contributed by atoms with Gasteiger partial charge in [-0.15, -0.1) is 17.5 Å². The van der Waals surface area contributed by atoms with E-state index < -0.39 is 0 Å². The number of pyridine rings is 1. The van der Waals surface area contributed by atoms with Crippen molar-refractivity contribution in [3.05, 3.63) is 71.0 Å². The van der Waals surface area contributed by atoms with Crippen LogP contribution in [0.1, 0.15) is 17.3 Å². The van der Waals surface area contributed by atoms with Crippen molar-refractivity contribution in [1.29, 1.82) is 0 Å². The van der Waals surface area contributed by atoms with Gasteiger partial charge < -0.3 is 5.32 Å². The van der Waals surface area contributed by atoms with E-state index in [2.05, 4.69) is 25.5 Å². The van der Waals surface area contributed by atoms with Crippen LogP contribution in [0.2, 0.25) is 5.02 Å². The Morgan fingerprint density at radius 1 is 1.22 bits per heavy atom. The minimum atomic E-state index is -0.375. The van der Waals surface area contributed by atoms with Crippen LogP contribution >= 0.6 is 24.0 Å². The highest BCUT2D eigenvalue weighted by atomic mass is 35.5. The molecule has 0 aliphatic carbocycles. The Kier molecular flexibility index (Phi) is 6.38.